The molecule has 4 bridgehead atoms. The van der Waals surface area contributed by atoms with Crippen molar-refractivity contribution in [3.05, 3.63) is 29.6 Å². The molecule has 1 aromatic carbocycles. The van der Waals surface area contributed by atoms with Crippen LogP contribution in [-0.2, 0) is 5.41 Å². The van der Waals surface area contributed by atoms with Crippen molar-refractivity contribution in [2.24, 2.45) is 16.7 Å². The van der Waals surface area contributed by atoms with Crippen molar-refractivity contribution in [3.8, 4) is 5.75 Å². The second-order valence-electron chi connectivity index (χ2n) is 8.57. The summed E-state index contributed by atoms with van der Waals surface area (Å²) < 4.78 is 14.4. The number of hydrogen-bond donors (Lipinski definition) is 1. The molecular weight excluding hydrogens is 251 g/mol. The predicted molar refractivity (Wildman–Crippen MR) is 77.1 cm³/mol. The molecule has 4 aliphatic rings. The maximum Gasteiger partial charge on any atom is 0.130 e. The van der Waals surface area contributed by atoms with Crippen molar-refractivity contribution in [1.29, 1.82) is 0 Å². The second kappa shape index (κ2) is 3.58. The minimum atomic E-state index is -0.209. The second-order valence-corrected chi connectivity index (χ2v) is 8.57. The molecule has 0 saturated heterocycles. The lowest BCUT2D eigenvalue weighted by molar-refractivity contribution is -0.110. The Bertz CT molecular complexity index is 561. The summed E-state index contributed by atoms with van der Waals surface area (Å²) in [6.07, 6.45) is 7.33. The van der Waals surface area contributed by atoms with Crippen LogP contribution in [0, 0.1) is 22.6 Å². The number of phenols is 1. The first kappa shape index (κ1) is 12.7. The van der Waals surface area contributed by atoms with Gasteiger partial charge in [-0.25, -0.2) is 4.39 Å². The van der Waals surface area contributed by atoms with E-state index >= 15 is 0 Å². The van der Waals surface area contributed by atoms with E-state index in [1.807, 2.05) is 6.07 Å². The number of aromatic hydroxyl groups is 1. The monoisotopic (exact) mass is 274 g/mol. The number of halogens is 1. The minimum Gasteiger partial charge on any atom is -0.508 e. The Kier molecular flexibility index (Phi) is 2.27. The van der Waals surface area contributed by atoms with E-state index in [4.69, 9.17) is 0 Å². The fraction of sp³-hybridized carbons (Fsp3) is 0.667. The Morgan fingerprint density at radius 1 is 1.05 bits per heavy atom. The molecule has 108 valence electrons. The van der Waals surface area contributed by atoms with E-state index in [0.717, 1.165) is 30.7 Å². The molecule has 1 nitrogen and oxygen atoms in total. The van der Waals surface area contributed by atoms with Crippen LogP contribution < -0.4 is 0 Å². The van der Waals surface area contributed by atoms with Crippen LogP contribution in [0.15, 0.2) is 18.2 Å². The highest BCUT2D eigenvalue weighted by molar-refractivity contribution is 5.36. The van der Waals surface area contributed by atoms with Gasteiger partial charge in [-0.3, -0.25) is 0 Å². The SMILES string of the molecule is CC12CC3CC(C)(C1)CC(c1ccc(O)cc1F)(C3)C2. The summed E-state index contributed by atoms with van der Waals surface area (Å²) in [5, 5.41) is 9.48. The molecule has 0 spiro atoms. The normalized spacial score (nSPS) is 45.9. The van der Waals surface area contributed by atoms with Crippen molar-refractivity contribution < 1.29 is 9.50 Å². The molecule has 2 atom stereocenters. The van der Waals surface area contributed by atoms with E-state index in [1.54, 1.807) is 6.07 Å². The topological polar surface area (TPSA) is 20.2 Å². The van der Waals surface area contributed by atoms with Gasteiger partial charge in [-0.1, -0.05) is 19.9 Å². The first-order valence-electron chi connectivity index (χ1n) is 7.81. The number of hydrogen-bond acceptors (Lipinski definition) is 1. The Balaban J connectivity index is 1.84. The van der Waals surface area contributed by atoms with Crippen LogP contribution in [0.25, 0.3) is 0 Å². The van der Waals surface area contributed by atoms with Crippen LogP contribution >= 0.6 is 0 Å². The highest BCUT2D eigenvalue weighted by Gasteiger charge is 2.60. The van der Waals surface area contributed by atoms with Gasteiger partial charge in [0.2, 0.25) is 0 Å². The molecule has 0 amide bonds. The maximum absolute atomic E-state index is 14.4. The van der Waals surface area contributed by atoms with Gasteiger partial charge in [0, 0.05) is 6.07 Å². The molecular formula is C18H23FO. The van der Waals surface area contributed by atoms with Gasteiger partial charge in [-0.05, 0) is 72.3 Å². The number of rotatable bonds is 1. The van der Waals surface area contributed by atoms with Crippen molar-refractivity contribution >= 4 is 0 Å². The zero-order valence-corrected chi connectivity index (χ0v) is 12.4. The summed E-state index contributed by atoms with van der Waals surface area (Å²) >= 11 is 0. The van der Waals surface area contributed by atoms with Gasteiger partial charge in [0.15, 0.2) is 0 Å². The van der Waals surface area contributed by atoms with Gasteiger partial charge in [0.05, 0.1) is 0 Å². The van der Waals surface area contributed by atoms with Gasteiger partial charge in [-0.2, -0.15) is 0 Å². The lowest BCUT2D eigenvalue weighted by atomic mass is 9.39. The van der Waals surface area contributed by atoms with Gasteiger partial charge < -0.3 is 5.11 Å². The smallest absolute Gasteiger partial charge is 0.130 e. The first-order valence-corrected chi connectivity index (χ1v) is 7.81. The average molecular weight is 274 g/mol. The van der Waals surface area contributed by atoms with Crippen molar-refractivity contribution in [3.63, 3.8) is 0 Å². The van der Waals surface area contributed by atoms with E-state index in [-0.39, 0.29) is 17.0 Å². The summed E-state index contributed by atoms with van der Waals surface area (Å²) in [7, 11) is 0. The molecule has 4 aliphatic carbocycles. The molecule has 4 saturated carbocycles. The minimum absolute atomic E-state index is 0.0146. The van der Waals surface area contributed by atoms with Gasteiger partial charge in [-0.15, -0.1) is 0 Å². The van der Waals surface area contributed by atoms with E-state index in [9.17, 15) is 9.50 Å². The third-order valence-electron chi connectivity index (χ3n) is 6.15. The van der Waals surface area contributed by atoms with Gasteiger partial charge in [0.1, 0.15) is 11.6 Å². The van der Waals surface area contributed by atoms with Crippen molar-refractivity contribution in [2.75, 3.05) is 0 Å². The average Bonchev–Trinajstić information content (AvgIpc) is 2.22. The van der Waals surface area contributed by atoms with E-state index < -0.39 is 0 Å². The molecule has 4 fully saturated rings. The number of benzene rings is 1. The Morgan fingerprint density at radius 3 is 2.25 bits per heavy atom. The van der Waals surface area contributed by atoms with E-state index in [1.165, 1.54) is 25.3 Å². The summed E-state index contributed by atoms with van der Waals surface area (Å²) in [6, 6.07) is 4.78. The van der Waals surface area contributed by atoms with Gasteiger partial charge >= 0.3 is 0 Å². The van der Waals surface area contributed by atoms with Crippen molar-refractivity contribution in [2.45, 2.75) is 57.8 Å². The zero-order valence-electron chi connectivity index (χ0n) is 12.4. The fourth-order valence-electron chi connectivity index (χ4n) is 6.68. The Labute approximate surface area is 120 Å². The molecule has 0 heterocycles. The van der Waals surface area contributed by atoms with Crippen LogP contribution in [0.3, 0.4) is 0 Å². The molecule has 5 rings (SSSR count). The largest absolute Gasteiger partial charge is 0.508 e. The lowest BCUT2D eigenvalue weighted by Gasteiger charge is -2.65. The maximum atomic E-state index is 14.4. The fourth-order valence-corrected chi connectivity index (χ4v) is 6.68. The van der Waals surface area contributed by atoms with Crippen LogP contribution in [-0.4, -0.2) is 5.11 Å². The standard InChI is InChI=1S/C18H23FO/c1-16-6-12-7-17(2,9-16)11-18(8-12,10-16)14-4-3-13(20)5-15(14)19/h3-5,12,20H,6-11H2,1-2H3. The predicted octanol–water partition coefficient (Wildman–Crippen LogP) is 4.78. The Morgan fingerprint density at radius 2 is 1.70 bits per heavy atom. The molecule has 1 aromatic rings. The molecule has 20 heavy (non-hydrogen) atoms. The molecule has 0 aromatic heterocycles. The molecule has 0 radical (unpaired) electrons. The van der Waals surface area contributed by atoms with Crippen LogP contribution in [0.5, 0.6) is 5.75 Å². The quantitative estimate of drug-likeness (QED) is 0.781. The molecule has 1 N–H and O–H groups in total. The Hall–Kier alpha value is -1.05. The van der Waals surface area contributed by atoms with Crippen LogP contribution in [0.4, 0.5) is 4.39 Å². The molecule has 0 aliphatic heterocycles. The molecule has 2 unspecified atom stereocenters. The lowest BCUT2D eigenvalue weighted by Crippen LogP contribution is -2.57. The molecule has 2 heteroatoms. The first-order chi connectivity index (χ1) is 9.32. The van der Waals surface area contributed by atoms with Crippen LogP contribution in [0.1, 0.15) is 57.9 Å². The summed E-state index contributed by atoms with van der Waals surface area (Å²) in [4.78, 5) is 0. The van der Waals surface area contributed by atoms with Crippen molar-refractivity contribution in [1.82, 2.24) is 0 Å². The van der Waals surface area contributed by atoms with E-state index in [0.29, 0.717) is 10.8 Å². The van der Waals surface area contributed by atoms with Gasteiger partial charge in [0.25, 0.3) is 0 Å². The summed E-state index contributed by atoms with van der Waals surface area (Å²) in [5.74, 6) is 0.585. The highest BCUT2D eigenvalue weighted by atomic mass is 19.1. The van der Waals surface area contributed by atoms with E-state index in [2.05, 4.69) is 13.8 Å². The zero-order chi connectivity index (χ0) is 14.2. The summed E-state index contributed by atoms with van der Waals surface area (Å²) in [5.41, 5.74) is 1.65. The summed E-state index contributed by atoms with van der Waals surface area (Å²) in [6.45, 7) is 4.81. The van der Waals surface area contributed by atoms with Crippen LogP contribution in [0.2, 0.25) is 0 Å². The third kappa shape index (κ3) is 1.66. The highest BCUT2D eigenvalue weighted by Crippen LogP contribution is 2.70. The number of phenolic OH excluding ortho intramolecular Hbond substituents is 1. The third-order valence-corrected chi connectivity index (χ3v) is 6.15.